The van der Waals surface area contributed by atoms with E-state index in [1.165, 1.54) is 11.1 Å². The molecule has 21 heavy (non-hydrogen) atoms. The molecule has 1 heterocycles. The number of halogens is 2. The highest BCUT2D eigenvalue weighted by atomic mass is 79.9. The molecule has 0 aliphatic rings. The van der Waals surface area contributed by atoms with Gasteiger partial charge in [0, 0.05) is 22.9 Å². The van der Waals surface area contributed by atoms with Crippen LogP contribution in [0.15, 0.2) is 45.6 Å². The number of aromatic nitrogens is 1. The van der Waals surface area contributed by atoms with Crippen LogP contribution in [0.3, 0.4) is 0 Å². The van der Waals surface area contributed by atoms with Crippen LogP contribution in [0, 0.1) is 0 Å². The monoisotopic (exact) mass is 412 g/mol. The lowest BCUT2D eigenvalue weighted by Gasteiger charge is -2.19. The van der Waals surface area contributed by atoms with Gasteiger partial charge in [-0.2, -0.15) is 0 Å². The summed E-state index contributed by atoms with van der Waals surface area (Å²) < 4.78 is 7.25. The first-order valence-electron chi connectivity index (χ1n) is 6.80. The highest BCUT2D eigenvalue weighted by molar-refractivity contribution is 9.10. The van der Waals surface area contributed by atoms with Crippen LogP contribution < -0.4 is 10.1 Å². The summed E-state index contributed by atoms with van der Waals surface area (Å²) >= 11 is 7.02. The SMILES string of the molecule is CCNC(Cc1ccc(OC)c(Br)c1)c1cncc(Br)c1. The first-order chi connectivity index (χ1) is 10.1. The summed E-state index contributed by atoms with van der Waals surface area (Å²) in [5.74, 6) is 0.850. The molecule has 5 heteroatoms. The van der Waals surface area contributed by atoms with Crippen LogP contribution in [0.2, 0.25) is 0 Å². The minimum Gasteiger partial charge on any atom is -0.496 e. The number of ether oxygens (including phenoxy) is 1. The molecule has 112 valence electrons. The fourth-order valence-corrected chi connectivity index (χ4v) is 3.22. The predicted molar refractivity (Wildman–Crippen MR) is 92.8 cm³/mol. The van der Waals surface area contributed by atoms with Crippen LogP contribution in [-0.2, 0) is 6.42 Å². The first-order valence-corrected chi connectivity index (χ1v) is 8.39. The van der Waals surface area contributed by atoms with E-state index in [-0.39, 0.29) is 6.04 Å². The summed E-state index contributed by atoms with van der Waals surface area (Å²) in [7, 11) is 1.67. The Morgan fingerprint density at radius 3 is 2.67 bits per heavy atom. The molecule has 0 spiro atoms. The molecule has 0 amide bonds. The van der Waals surface area contributed by atoms with Crippen molar-refractivity contribution in [1.29, 1.82) is 0 Å². The number of likely N-dealkylation sites (N-methyl/N-ethyl adjacent to an activating group) is 1. The summed E-state index contributed by atoms with van der Waals surface area (Å²) in [6.45, 7) is 3.02. The number of benzene rings is 1. The zero-order chi connectivity index (χ0) is 15.2. The van der Waals surface area contributed by atoms with E-state index in [1.807, 2.05) is 12.3 Å². The van der Waals surface area contributed by atoms with Gasteiger partial charge in [-0.3, -0.25) is 4.98 Å². The minimum atomic E-state index is 0.236. The smallest absolute Gasteiger partial charge is 0.133 e. The number of rotatable bonds is 6. The fourth-order valence-electron chi connectivity index (χ4n) is 2.25. The highest BCUT2D eigenvalue weighted by Crippen LogP contribution is 2.28. The van der Waals surface area contributed by atoms with Crippen LogP contribution in [0.25, 0.3) is 0 Å². The minimum absolute atomic E-state index is 0.236. The van der Waals surface area contributed by atoms with Gasteiger partial charge in [-0.1, -0.05) is 13.0 Å². The quantitative estimate of drug-likeness (QED) is 0.756. The van der Waals surface area contributed by atoms with Gasteiger partial charge in [0.25, 0.3) is 0 Å². The molecule has 0 bridgehead atoms. The van der Waals surface area contributed by atoms with Crippen molar-refractivity contribution in [1.82, 2.24) is 10.3 Å². The summed E-state index contributed by atoms with van der Waals surface area (Å²) in [5, 5.41) is 3.52. The van der Waals surface area contributed by atoms with Crippen molar-refractivity contribution >= 4 is 31.9 Å². The van der Waals surface area contributed by atoms with Crippen LogP contribution in [-0.4, -0.2) is 18.6 Å². The lowest BCUT2D eigenvalue weighted by atomic mass is 10.00. The number of pyridine rings is 1. The Morgan fingerprint density at radius 2 is 2.05 bits per heavy atom. The number of hydrogen-bond acceptors (Lipinski definition) is 3. The molecule has 2 aromatic rings. The third-order valence-electron chi connectivity index (χ3n) is 3.23. The van der Waals surface area contributed by atoms with Gasteiger partial charge in [-0.25, -0.2) is 0 Å². The summed E-state index contributed by atoms with van der Waals surface area (Å²) in [6, 6.07) is 8.54. The molecule has 1 aromatic heterocycles. The van der Waals surface area contributed by atoms with E-state index >= 15 is 0 Å². The van der Waals surface area contributed by atoms with E-state index in [1.54, 1.807) is 13.3 Å². The van der Waals surface area contributed by atoms with Crippen molar-refractivity contribution in [3.8, 4) is 5.75 Å². The van der Waals surface area contributed by atoms with Gasteiger partial charge in [0.1, 0.15) is 5.75 Å². The molecule has 0 saturated carbocycles. The Morgan fingerprint density at radius 1 is 1.24 bits per heavy atom. The Labute approximate surface area is 142 Å². The molecule has 3 nitrogen and oxygen atoms in total. The summed E-state index contributed by atoms with van der Waals surface area (Å²) in [4.78, 5) is 4.26. The molecular weight excluding hydrogens is 396 g/mol. The molecule has 1 aromatic carbocycles. The summed E-state index contributed by atoms with van der Waals surface area (Å²) in [5.41, 5.74) is 2.42. The molecule has 1 N–H and O–H groups in total. The second kappa shape index (κ2) is 7.92. The van der Waals surface area contributed by atoms with Gasteiger partial charge in [0.15, 0.2) is 0 Å². The zero-order valence-electron chi connectivity index (χ0n) is 12.1. The third kappa shape index (κ3) is 4.53. The average Bonchev–Trinajstić information content (AvgIpc) is 2.47. The van der Waals surface area contributed by atoms with Crippen molar-refractivity contribution in [3.05, 3.63) is 56.7 Å². The molecular formula is C16H18Br2N2O. The van der Waals surface area contributed by atoms with E-state index in [4.69, 9.17) is 4.74 Å². The van der Waals surface area contributed by atoms with Crippen molar-refractivity contribution in [3.63, 3.8) is 0 Å². The van der Waals surface area contributed by atoms with Gasteiger partial charge in [0.05, 0.1) is 11.6 Å². The van der Waals surface area contributed by atoms with Gasteiger partial charge < -0.3 is 10.1 Å². The number of nitrogens with one attached hydrogen (secondary N) is 1. The highest BCUT2D eigenvalue weighted by Gasteiger charge is 2.13. The van der Waals surface area contributed by atoms with Crippen molar-refractivity contribution in [2.75, 3.05) is 13.7 Å². The molecule has 1 unspecified atom stereocenters. The molecule has 0 saturated heterocycles. The molecule has 2 rings (SSSR count). The van der Waals surface area contributed by atoms with Crippen LogP contribution in [0.1, 0.15) is 24.1 Å². The summed E-state index contributed by atoms with van der Waals surface area (Å²) in [6.07, 6.45) is 4.61. The van der Waals surface area contributed by atoms with Crippen molar-refractivity contribution < 1.29 is 4.74 Å². The lowest BCUT2D eigenvalue weighted by molar-refractivity contribution is 0.412. The number of methoxy groups -OCH3 is 1. The second-order valence-electron chi connectivity index (χ2n) is 4.72. The van der Waals surface area contributed by atoms with E-state index in [0.717, 1.165) is 27.7 Å². The molecule has 1 atom stereocenters. The first kappa shape index (κ1) is 16.5. The van der Waals surface area contributed by atoms with E-state index in [0.29, 0.717) is 0 Å². The molecule has 0 fully saturated rings. The molecule has 0 aliphatic carbocycles. The predicted octanol–water partition coefficient (Wildman–Crippen LogP) is 4.51. The Kier molecular flexibility index (Phi) is 6.21. The Bertz CT molecular complexity index is 605. The van der Waals surface area contributed by atoms with E-state index in [9.17, 15) is 0 Å². The maximum atomic E-state index is 5.27. The molecule has 0 radical (unpaired) electrons. The maximum absolute atomic E-state index is 5.27. The Balaban J connectivity index is 2.22. The maximum Gasteiger partial charge on any atom is 0.133 e. The topological polar surface area (TPSA) is 34.1 Å². The van der Waals surface area contributed by atoms with Gasteiger partial charge in [0.2, 0.25) is 0 Å². The van der Waals surface area contributed by atoms with Gasteiger partial charge >= 0.3 is 0 Å². The van der Waals surface area contributed by atoms with Crippen molar-refractivity contribution in [2.24, 2.45) is 0 Å². The zero-order valence-corrected chi connectivity index (χ0v) is 15.2. The standard InChI is InChI=1S/C16H18Br2N2O/c1-3-20-15(12-8-13(17)10-19-9-12)7-11-4-5-16(21-2)14(18)6-11/h4-6,8-10,15,20H,3,7H2,1-2H3. The van der Waals surface area contributed by atoms with Crippen LogP contribution in [0.5, 0.6) is 5.75 Å². The normalized spacial score (nSPS) is 12.2. The number of hydrogen-bond donors (Lipinski definition) is 1. The number of nitrogens with zero attached hydrogens (tertiary/aromatic N) is 1. The van der Waals surface area contributed by atoms with Crippen LogP contribution in [0.4, 0.5) is 0 Å². The van der Waals surface area contributed by atoms with Crippen LogP contribution >= 0.6 is 31.9 Å². The fraction of sp³-hybridized carbons (Fsp3) is 0.312. The Hall–Kier alpha value is -0.910. The lowest BCUT2D eigenvalue weighted by Crippen LogP contribution is -2.23. The molecule has 0 aliphatic heterocycles. The third-order valence-corrected chi connectivity index (χ3v) is 4.29. The largest absolute Gasteiger partial charge is 0.496 e. The van der Waals surface area contributed by atoms with E-state index < -0.39 is 0 Å². The average molecular weight is 414 g/mol. The van der Waals surface area contributed by atoms with E-state index in [2.05, 4.69) is 67.3 Å². The second-order valence-corrected chi connectivity index (χ2v) is 6.49. The van der Waals surface area contributed by atoms with Gasteiger partial charge in [-0.05, 0) is 74.2 Å². The van der Waals surface area contributed by atoms with Gasteiger partial charge in [-0.15, -0.1) is 0 Å². The van der Waals surface area contributed by atoms with Crippen molar-refractivity contribution in [2.45, 2.75) is 19.4 Å².